The maximum Gasteiger partial charge on any atom is 0.227 e. The van der Waals surface area contributed by atoms with Gasteiger partial charge in [-0.3, -0.25) is 4.79 Å². The first-order chi connectivity index (χ1) is 13.3. The van der Waals surface area contributed by atoms with Crippen LogP contribution < -0.4 is 15.1 Å². The van der Waals surface area contributed by atoms with Gasteiger partial charge in [0.1, 0.15) is 11.6 Å². The maximum atomic E-state index is 12.4. The van der Waals surface area contributed by atoms with Gasteiger partial charge in [-0.1, -0.05) is 25.3 Å². The minimum absolute atomic E-state index is 0.147. The first kappa shape index (κ1) is 17.8. The fraction of sp³-hybridized carbons (Fsp3) is 0.476. The van der Waals surface area contributed by atoms with Crippen LogP contribution in [0.4, 0.5) is 17.3 Å². The van der Waals surface area contributed by atoms with Gasteiger partial charge in [0.15, 0.2) is 0 Å². The molecular weight excluding hydrogens is 338 g/mol. The molecule has 0 radical (unpaired) electrons. The highest BCUT2D eigenvalue weighted by molar-refractivity contribution is 5.92. The summed E-state index contributed by atoms with van der Waals surface area (Å²) in [6.07, 6.45) is 9.23. The summed E-state index contributed by atoms with van der Waals surface area (Å²) in [5.41, 5.74) is 0.793. The van der Waals surface area contributed by atoms with Crippen molar-refractivity contribution < 1.29 is 4.79 Å². The van der Waals surface area contributed by atoms with Crippen LogP contribution in [0.1, 0.15) is 32.1 Å². The Labute approximate surface area is 160 Å². The molecule has 0 spiro atoms. The SMILES string of the molecule is O=C(Nc1ccc(N2CCN(c3ccccn3)CC2)nc1)C1CCCCC1. The molecule has 2 aromatic rings. The van der Waals surface area contributed by atoms with Gasteiger partial charge in [-0.2, -0.15) is 0 Å². The van der Waals surface area contributed by atoms with Crippen molar-refractivity contribution in [2.75, 3.05) is 41.3 Å². The van der Waals surface area contributed by atoms with Gasteiger partial charge in [0.2, 0.25) is 5.91 Å². The summed E-state index contributed by atoms with van der Waals surface area (Å²) in [5.74, 6) is 2.31. The van der Waals surface area contributed by atoms with Crippen molar-refractivity contribution in [3.8, 4) is 0 Å². The lowest BCUT2D eigenvalue weighted by Gasteiger charge is -2.36. The van der Waals surface area contributed by atoms with Crippen LogP contribution in [0.3, 0.4) is 0 Å². The number of aromatic nitrogens is 2. The molecule has 0 atom stereocenters. The molecule has 2 fully saturated rings. The van der Waals surface area contributed by atoms with Crippen LogP contribution in [0.5, 0.6) is 0 Å². The molecule has 142 valence electrons. The molecule has 1 aliphatic carbocycles. The Morgan fingerprint density at radius 2 is 1.59 bits per heavy atom. The number of hydrogen-bond acceptors (Lipinski definition) is 5. The second-order valence-electron chi connectivity index (χ2n) is 7.39. The van der Waals surface area contributed by atoms with Crippen molar-refractivity contribution in [2.45, 2.75) is 32.1 Å². The molecule has 1 N–H and O–H groups in total. The molecule has 0 unspecified atom stereocenters. The predicted molar refractivity (Wildman–Crippen MR) is 108 cm³/mol. The zero-order valence-electron chi connectivity index (χ0n) is 15.7. The van der Waals surface area contributed by atoms with E-state index in [1.165, 1.54) is 19.3 Å². The summed E-state index contributed by atoms with van der Waals surface area (Å²) < 4.78 is 0. The lowest BCUT2D eigenvalue weighted by molar-refractivity contribution is -0.120. The van der Waals surface area contributed by atoms with Crippen molar-refractivity contribution in [3.63, 3.8) is 0 Å². The van der Waals surface area contributed by atoms with Crippen LogP contribution >= 0.6 is 0 Å². The van der Waals surface area contributed by atoms with E-state index >= 15 is 0 Å². The molecule has 6 nitrogen and oxygen atoms in total. The van der Waals surface area contributed by atoms with E-state index < -0.39 is 0 Å². The molecular formula is C21H27N5O. The number of pyridine rings is 2. The number of piperazine rings is 1. The molecule has 0 bridgehead atoms. The summed E-state index contributed by atoms with van der Waals surface area (Å²) in [4.78, 5) is 26.0. The quantitative estimate of drug-likeness (QED) is 0.901. The number of rotatable bonds is 4. The average molecular weight is 365 g/mol. The normalized spacial score (nSPS) is 18.4. The standard InChI is InChI=1S/C21H27N5O/c27-21(17-6-2-1-3-7-17)24-18-9-10-20(23-16-18)26-14-12-25(13-15-26)19-8-4-5-11-22-19/h4-5,8-11,16-17H,1-3,6-7,12-15H2,(H,24,27). The maximum absolute atomic E-state index is 12.4. The minimum Gasteiger partial charge on any atom is -0.353 e. The monoisotopic (exact) mass is 365 g/mol. The smallest absolute Gasteiger partial charge is 0.227 e. The minimum atomic E-state index is 0.147. The van der Waals surface area contributed by atoms with Crippen LogP contribution in [0, 0.1) is 5.92 Å². The van der Waals surface area contributed by atoms with E-state index in [-0.39, 0.29) is 11.8 Å². The van der Waals surface area contributed by atoms with E-state index in [0.29, 0.717) is 0 Å². The summed E-state index contributed by atoms with van der Waals surface area (Å²) in [6.45, 7) is 3.69. The van der Waals surface area contributed by atoms with Crippen LogP contribution in [0.15, 0.2) is 42.7 Å². The largest absolute Gasteiger partial charge is 0.353 e. The third kappa shape index (κ3) is 4.38. The summed E-state index contributed by atoms with van der Waals surface area (Å²) in [5, 5.41) is 3.03. The number of carbonyl (C=O) groups is 1. The second kappa shape index (κ2) is 8.37. The van der Waals surface area contributed by atoms with Crippen molar-refractivity contribution in [3.05, 3.63) is 42.7 Å². The van der Waals surface area contributed by atoms with Crippen molar-refractivity contribution in [2.24, 2.45) is 5.92 Å². The lowest BCUT2D eigenvalue weighted by Crippen LogP contribution is -2.47. The molecule has 2 aliphatic rings. The number of anilines is 3. The molecule has 6 heteroatoms. The highest BCUT2D eigenvalue weighted by Crippen LogP contribution is 2.25. The fourth-order valence-electron chi connectivity index (χ4n) is 3.96. The molecule has 27 heavy (non-hydrogen) atoms. The Hall–Kier alpha value is -2.63. The number of amides is 1. The molecule has 1 saturated heterocycles. The Morgan fingerprint density at radius 1 is 0.889 bits per heavy atom. The van der Waals surface area contributed by atoms with Crippen LogP contribution in [0.2, 0.25) is 0 Å². The summed E-state index contributed by atoms with van der Waals surface area (Å²) >= 11 is 0. The van der Waals surface area contributed by atoms with Gasteiger partial charge in [-0.25, -0.2) is 9.97 Å². The average Bonchev–Trinajstić information content (AvgIpc) is 2.76. The van der Waals surface area contributed by atoms with E-state index in [1.54, 1.807) is 6.20 Å². The van der Waals surface area contributed by atoms with Gasteiger partial charge in [0.05, 0.1) is 11.9 Å². The molecule has 1 saturated carbocycles. The molecule has 3 heterocycles. The van der Waals surface area contributed by atoms with Crippen molar-refractivity contribution in [1.29, 1.82) is 0 Å². The van der Waals surface area contributed by atoms with Crippen LogP contribution in [0.25, 0.3) is 0 Å². The van der Waals surface area contributed by atoms with Gasteiger partial charge >= 0.3 is 0 Å². The zero-order valence-corrected chi connectivity index (χ0v) is 15.7. The van der Waals surface area contributed by atoms with Crippen LogP contribution in [-0.4, -0.2) is 42.1 Å². The molecule has 2 aromatic heterocycles. The van der Waals surface area contributed by atoms with Gasteiger partial charge in [0, 0.05) is 38.3 Å². The van der Waals surface area contributed by atoms with Crippen molar-refractivity contribution >= 4 is 23.2 Å². The highest BCUT2D eigenvalue weighted by Gasteiger charge is 2.22. The van der Waals surface area contributed by atoms with E-state index in [9.17, 15) is 4.79 Å². The molecule has 4 rings (SSSR count). The Balaban J connectivity index is 1.31. The lowest BCUT2D eigenvalue weighted by atomic mass is 9.88. The summed E-state index contributed by atoms with van der Waals surface area (Å²) in [6, 6.07) is 9.99. The van der Waals surface area contributed by atoms with Gasteiger partial charge < -0.3 is 15.1 Å². The van der Waals surface area contributed by atoms with E-state index in [1.807, 2.05) is 30.5 Å². The van der Waals surface area contributed by atoms with E-state index in [4.69, 9.17) is 0 Å². The van der Waals surface area contributed by atoms with Gasteiger partial charge in [-0.05, 0) is 37.1 Å². The third-order valence-corrected chi connectivity index (χ3v) is 5.57. The topological polar surface area (TPSA) is 61.4 Å². The zero-order chi connectivity index (χ0) is 18.5. The molecule has 1 aliphatic heterocycles. The molecule has 0 aromatic carbocycles. The second-order valence-corrected chi connectivity index (χ2v) is 7.39. The number of carbonyl (C=O) groups excluding carboxylic acids is 1. The van der Waals surface area contributed by atoms with Crippen LogP contribution in [-0.2, 0) is 4.79 Å². The van der Waals surface area contributed by atoms with E-state index in [2.05, 4.69) is 31.2 Å². The Morgan fingerprint density at radius 3 is 2.19 bits per heavy atom. The van der Waals surface area contributed by atoms with E-state index in [0.717, 1.165) is 56.3 Å². The Bertz CT molecular complexity index is 735. The number of hydrogen-bond donors (Lipinski definition) is 1. The third-order valence-electron chi connectivity index (χ3n) is 5.57. The summed E-state index contributed by atoms with van der Waals surface area (Å²) in [7, 11) is 0. The fourth-order valence-corrected chi connectivity index (χ4v) is 3.96. The van der Waals surface area contributed by atoms with Crippen molar-refractivity contribution in [1.82, 2.24) is 9.97 Å². The number of nitrogens with zero attached hydrogens (tertiary/aromatic N) is 4. The van der Waals surface area contributed by atoms with Gasteiger partial charge in [0.25, 0.3) is 0 Å². The first-order valence-electron chi connectivity index (χ1n) is 9.97. The highest BCUT2D eigenvalue weighted by atomic mass is 16.1. The predicted octanol–water partition coefficient (Wildman–Crippen LogP) is 3.32. The first-order valence-corrected chi connectivity index (χ1v) is 9.97. The Kier molecular flexibility index (Phi) is 5.51. The number of nitrogens with one attached hydrogen (secondary N) is 1. The molecule has 1 amide bonds. The van der Waals surface area contributed by atoms with Gasteiger partial charge in [-0.15, -0.1) is 0 Å².